The van der Waals surface area contributed by atoms with E-state index in [1.165, 1.54) is 0 Å². The van der Waals surface area contributed by atoms with Crippen LogP contribution < -0.4 is 10.1 Å². The number of nitrogens with zero attached hydrogens (tertiary/aromatic N) is 5. The zero-order valence-electron chi connectivity index (χ0n) is 17.2. The van der Waals surface area contributed by atoms with Crippen molar-refractivity contribution in [3.05, 3.63) is 35.0 Å². The van der Waals surface area contributed by atoms with Gasteiger partial charge < -0.3 is 14.6 Å². The van der Waals surface area contributed by atoms with Gasteiger partial charge in [0.2, 0.25) is 11.8 Å². The molecule has 8 heteroatoms. The second kappa shape index (κ2) is 8.41. The summed E-state index contributed by atoms with van der Waals surface area (Å²) in [6, 6.07) is 0. The van der Waals surface area contributed by atoms with Crippen molar-refractivity contribution in [2.45, 2.75) is 46.6 Å². The normalized spacial score (nSPS) is 11.2. The van der Waals surface area contributed by atoms with E-state index in [4.69, 9.17) is 4.74 Å². The summed E-state index contributed by atoms with van der Waals surface area (Å²) in [6.07, 6.45) is 5.70. The predicted octanol–water partition coefficient (Wildman–Crippen LogP) is 2.24. The fourth-order valence-corrected chi connectivity index (χ4v) is 3.55. The van der Waals surface area contributed by atoms with Crippen molar-refractivity contribution in [2.75, 3.05) is 13.7 Å². The van der Waals surface area contributed by atoms with E-state index in [0.717, 1.165) is 46.6 Å². The van der Waals surface area contributed by atoms with Crippen LogP contribution in [0.25, 0.3) is 11.0 Å². The zero-order valence-corrected chi connectivity index (χ0v) is 17.2. The van der Waals surface area contributed by atoms with E-state index < -0.39 is 0 Å². The summed E-state index contributed by atoms with van der Waals surface area (Å²) in [5, 5.41) is 8.29. The Bertz CT molecular complexity index is 988. The molecule has 0 aliphatic rings. The molecule has 0 saturated heterocycles. The number of hydrogen-bond donors (Lipinski definition) is 1. The third-order valence-electron chi connectivity index (χ3n) is 5.14. The molecule has 0 spiro atoms. The highest BCUT2D eigenvalue weighted by molar-refractivity contribution is 5.86. The number of fused-ring (bicyclic) bond motifs is 1. The van der Waals surface area contributed by atoms with E-state index in [1.807, 2.05) is 34.0 Å². The van der Waals surface area contributed by atoms with E-state index in [-0.39, 0.29) is 5.91 Å². The molecule has 0 saturated carbocycles. The van der Waals surface area contributed by atoms with E-state index in [2.05, 4.69) is 25.0 Å². The first-order chi connectivity index (χ1) is 13.4. The second-order valence-corrected chi connectivity index (χ2v) is 7.00. The highest BCUT2D eigenvalue weighted by Crippen LogP contribution is 2.30. The minimum Gasteiger partial charge on any atom is -0.479 e. The molecule has 150 valence electrons. The quantitative estimate of drug-likeness (QED) is 0.602. The molecule has 0 fully saturated rings. The Morgan fingerprint density at radius 3 is 2.75 bits per heavy atom. The number of amides is 1. The Kier molecular flexibility index (Phi) is 5.96. The molecule has 1 amide bonds. The maximum atomic E-state index is 12.3. The van der Waals surface area contributed by atoms with Crippen LogP contribution in [-0.2, 0) is 24.8 Å². The Balaban J connectivity index is 1.58. The number of carbonyl (C=O) groups is 1. The fraction of sp³-hybridized carbons (Fsp3) is 0.500. The number of pyridine rings is 1. The topological polar surface area (TPSA) is 86.9 Å². The summed E-state index contributed by atoms with van der Waals surface area (Å²) in [4.78, 5) is 21.1. The number of nitrogens with one attached hydrogen (secondary N) is 1. The van der Waals surface area contributed by atoms with Gasteiger partial charge in [-0.15, -0.1) is 5.10 Å². The number of aromatic nitrogens is 5. The highest BCUT2D eigenvalue weighted by atomic mass is 16.5. The first-order valence-electron chi connectivity index (χ1n) is 9.53. The Labute approximate surface area is 164 Å². The van der Waals surface area contributed by atoms with Gasteiger partial charge in [0.1, 0.15) is 5.82 Å². The van der Waals surface area contributed by atoms with Crippen LogP contribution in [-0.4, -0.2) is 43.9 Å². The SMILES string of the molecule is COc1nn(C)c2nc(C)c(CCC(=O)NCCCn3ccnc3C)c(C)c12. The number of methoxy groups -OCH3 is 1. The number of rotatable bonds is 8. The van der Waals surface area contributed by atoms with E-state index >= 15 is 0 Å². The lowest BCUT2D eigenvalue weighted by atomic mass is 10.00. The molecule has 0 atom stereocenters. The summed E-state index contributed by atoms with van der Waals surface area (Å²) in [5.41, 5.74) is 3.90. The minimum absolute atomic E-state index is 0.0550. The fourth-order valence-electron chi connectivity index (χ4n) is 3.55. The summed E-state index contributed by atoms with van der Waals surface area (Å²) in [5.74, 6) is 1.62. The average molecular weight is 384 g/mol. The summed E-state index contributed by atoms with van der Waals surface area (Å²) in [6.45, 7) is 7.51. The van der Waals surface area contributed by atoms with Crippen LogP contribution in [0.3, 0.4) is 0 Å². The van der Waals surface area contributed by atoms with Crippen LogP contribution in [0.5, 0.6) is 5.88 Å². The van der Waals surface area contributed by atoms with Crippen molar-refractivity contribution >= 4 is 16.9 Å². The van der Waals surface area contributed by atoms with Gasteiger partial charge in [-0.05, 0) is 44.7 Å². The Hall–Kier alpha value is -2.90. The first kappa shape index (κ1) is 19.9. The van der Waals surface area contributed by atoms with E-state index in [1.54, 1.807) is 18.0 Å². The monoisotopic (exact) mass is 384 g/mol. The number of aryl methyl sites for hydroxylation is 5. The third-order valence-corrected chi connectivity index (χ3v) is 5.14. The van der Waals surface area contributed by atoms with E-state index in [0.29, 0.717) is 25.3 Å². The van der Waals surface area contributed by atoms with Crippen molar-refractivity contribution < 1.29 is 9.53 Å². The molecule has 3 aromatic rings. The van der Waals surface area contributed by atoms with Crippen LogP contribution >= 0.6 is 0 Å². The van der Waals surface area contributed by atoms with Crippen LogP contribution in [0.4, 0.5) is 0 Å². The van der Waals surface area contributed by atoms with Crippen molar-refractivity contribution in [2.24, 2.45) is 7.05 Å². The molecule has 3 heterocycles. The van der Waals surface area contributed by atoms with Gasteiger partial charge in [-0.25, -0.2) is 14.6 Å². The van der Waals surface area contributed by atoms with Crippen LogP contribution in [0.15, 0.2) is 12.4 Å². The number of carbonyl (C=O) groups excluding carboxylic acids is 1. The average Bonchev–Trinajstić information content (AvgIpc) is 3.21. The van der Waals surface area contributed by atoms with Gasteiger partial charge in [-0.1, -0.05) is 0 Å². The molecular weight excluding hydrogens is 356 g/mol. The van der Waals surface area contributed by atoms with Gasteiger partial charge in [-0.3, -0.25) is 4.79 Å². The lowest BCUT2D eigenvalue weighted by Gasteiger charge is -2.11. The van der Waals surface area contributed by atoms with Crippen LogP contribution in [0.1, 0.15) is 35.5 Å². The van der Waals surface area contributed by atoms with Crippen LogP contribution in [0.2, 0.25) is 0 Å². The number of ether oxygens (including phenoxy) is 1. The standard InChI is InChI=1S/C20H28N6O2/c1-13-16(14(2)23-19-18(13)20(28-5)24-25(19)4)7-8-17(27)22-9-6-11-26-12-10-21-15(26)3/h10,12H,6-9,11H2,1-5H3,(H,22,27). The molecular formula is C20H28N6O2. The number of hydrogen-bond acceptors (Lipinski definition) is 5. The molecule has 3 aromatic heterocycles. The number of imidazole rings is 1. The molecule has 0 aliphatic carbocycles. The lowest BCUT2D eigenvalue weighted by molar-refractivity contribution is -0.121. The maximum Gasteiger partial charge on any atom is 0.242 e. The van der Waals surface area contributed by atoms with Gasteiger partial charge >= 0.3 is 0 Å². The van der Waals surface area contributed by atoms with Gasteiger partial charge in [0.15, 0.2) is 5.65 Å². The van der Waals surface area contributed by atoms with Gasteiger partial charge in [-0.2, -0.15) is 0 Å². The van der Waals surface area contributed by atoms with E-state index in [9.17, 15) is 4.79 Å². The summed E-state index contributed by atoms with van der Waals surface area (Å²) in [7, 11) is 3.47. The van der Waals surface area contributed by atoms with Crippen molar-refractivity contribution in [3.8, 4) is 5.88 Å². The summed E-state index contributed by atoms with van der Waals surface area (Å²) >= 11 is 0. The second-order valence-electron chi connectivity index (χ2n) is 7.00. The highest BCUT2D eigenvalue weighted by Gasteiger charge is 2.18. The van der Waals surface area contributed by atoms with Crippen molar-refractivity contribution in [3.63, 3.8) is 0 Å². The molecule has 8 nitrogen and oxygen atoms in total. The minimum atomic E-state index is 0.0550. The lowest BCUT2D eigenvalue weighted by Crippen LogP contribution is -2.25. The van der Waals surface area contributed by atoms with Crippen molar-refractivity contribution in [1.29, 1.82) is 0 Å². The molecule has 0 radical (unpaired) electrons. The Morgan fingerprint density at radius 1 is 1.29 bits per heavy atom. The smallest absolute Gasteiger partial charge is 0.242 e. The molecule has 3 rings (SSSR count). The molecule has 0 aromatic carbocycles. The van der Waals surface area contributed by atoms with Gasteiger partial charge in [0, 0.05) is 44.6 Å². The zero-order chi connectivity index (χ0) is 20.3. The molecule has 1 N–H and O–H groups in total. The third kappa shape index (κ3) is 4.00. The molecule has 28 heavy (non-hydrogen) atoms. The van der Waals surface area contributed by atoms with Crippen molar-refractivity contribution in [1.82, 2.24) is 29.6 Å². The summed E-state index contributed by atoms with van der Waals surface area (Å²) < 4.78 is 9.21. The largest absolute Gasteiger partial charge is 0.479 e. The molecule has 0 aliphatic heterocycles. The first-order valence-corrected chi connectivity index (χ1v) is 9.53. The van der Waals surface area contributed by atoms with Gasteiger partial charge in [0.05, 0.1) is 12.5 Å². The predicted molar refractivity (Wildman–Crippen MR) is 107 cm³/mol. The molecule has 0 bridgehead atoms. The van der Waals surface area contributed by atoms with Crippen LogP contribution in [0, 0.1) is 20.8 Å². The van der Waals surface area contributed by atoms with Gasteiger partial charge in [0.25, 0.3) is 0 Å². The molecule has 0 unspecified atom stereocenters. The maximum absolute atomic E-state index is 12.3. The Morgan fingerprint density at radius 2 is 2.07 bits per heavy atom.